The minimum absolute atomic E-state index is 0.157. The summed E-state index contributed by atoms with van der Waals surface area (Å²) in [6.45, 7) is 5.31. The average Bonchev–Trinajstić information content (AvgIpc) is 2.85. The van der Waals surface area contributed by atoms with Crippen molar-refractivity contribution in [3.8, 4) is 0 Å². The van der Waals surface area contributed by atoms with Crippen LogP contribution in [0.15, 0.2) is 72.9 Å². The fourth-order valence-electron chi connectivity index (χ4n) is 3.82. The maximum atomic E-state index is 12.7. The molecule has 3 aromatic rings. The van der Waals surface area contributed by atoms with Gasteiger partial charge in [0.15, 0.2) is 0 Å². The molecule has 0 unspecified atom stereocenters. The molecule has 164 valence electrons. The summed E-state index contributed by atoms with van der Waals surface area (Å²) in [5.41, 5.74) is 4.64. The van der Waals surface area contributed by atoms with Crippen molar-refractivity contribution in [3.05, 3.63) is 95.3 Å². The number of carbonyl (C=O) groups excluding carboxylic acids is 2. The number of nitrogens with zero attached hydrogens (tertiary/aromatic N) is 3. The minimum Gasteiger partial charge on any atom is -0.368 e. The van der Waals surface area contributed by atoms with Crippen LogP contribution < -0.4 is 10.2 Å². The Morgan fingerprint density at radius 1 is 0.906 bits per heavy atom. The number of aromatic nitrogens is 1. The second kappa shape index (κ2) is 10.1. The van der Waals surface area contributed by atoms with Gasteiger partial charge in [0.2, 0.25) is 5.91 Å². The number of nitrogens with one attached hydrogen (secondary N) is 1. The summed E-state index contributed by atoms with van der Waals surface area (Å²) < 4.78 is 0. The topological polar surface area (TPSA) is 65.5 Å². The molecule has 4 rings (SSSR count). The zero-order valence-corrected chi connectivity index (χ0v) is 18.3. The van der Waals surface area contributed by atoms with Crippen molar-refractivity contribution < 1.29 is 9.59 Å². The highest BCUT2D eigenvalue weighted by molar-refractivity contribution is 5.93. The summed E-state index contributed by atoms with van der Waals surface area (Å²) in [5, 5.41) is 2.92. The SMILES string of the molecule is Cc1ccc(CC(=O)N2CCN(c3ccnc(C(=O)NCc4ccccc4)c3)CC2)cc1. The van der Waals surface area contributed by atoms with E-state index in [0.29, 0.717) is 31.7 Å². The number of hydrogen-bond acceptors (Lipinski definition) is 4. The first-order valence-electron chi connectivity index (χ1n) is 10.9. The number of anilines is 1. The van der Waals surface area contributed by atoms with Gasteiger partial charge in [0.1, 0.15) is 5.69 Å². The number of pyridine rings is 1. The predicted octanol–water partition coefficient (Wildman–Crippen LogP) is 3.21. The van der Waals surface area contributed by atoms with Gasteiger partial charge in [-0.3, -0.25) is 14.6 Å². The molecular weight excluding hydrogens is 400 g/mol. The van der Waals surface area contributed by atoms with Crippen LogP contribution in [0.3, 0.4) is 0 Å². The van der Waals surface area contributed by atoms with Gasteiger partial charge < -0.3 is 15.1 Å². The van der Waals surface area contributed by atoms with Crippen molar-refractivity contribution in [1.29, 1.82) is 0 Å². The summed E-state index contributed by atoms with van der Waals surface area (Å²) in [6, 6.07) is 21.7. The van der Waals surface area contributed by atoms with Gasteiger partial charge >= 0.3 is 0 Å². The summed E-state index contributed by atoms with van der Waals surface area (Å²) in [6.07, 6.45) is 2.10. The molecule has 0 radical (unpaired) electrons. The van der Waals surface area contributed by atoms with Crippen molar-refractivity contribution in [2.45, 2.75) is 19.9 Å². The molecule has 32 heavy (non-hydrogen) atoms. The molecule has 1 fully saturated rings. The van der Waals surface area contributed by atoms with Gasteiger partial charge in [-0.2, -0.15) is 0 Å². The minimum atomic E-state index is -0.192. The Kier molecular flexibility index (Phi) is 6.80. The normalized spacial score (nSPS) is 13.7. The van der Waals surface area contributed by atoms with Gasteiger partial charge in [0, 0.05) is 44.6 Å². The molecule has 2 heterocycles. The molecule has 1 aliphatic heterocycles. The Bertz CT molecular complexity index is 1060. The van der Waals surface area contributed by atoms with Crippen LogP contribution >= 0.6 is 0 Å². The van der Waals surface area contributed by atoms with Gasteiger partial charge in [0.25, 0.3) is 5.91 Å². The molecule has 1 N–H and O–H groups in total. The summed E-state index contributed by atoms with van der Waals surface area (Å²) in [5.74, 6) is -0.0353. The van der Waals surface area contributed by atoms with E-state index in [2.05, 4.69) is 15.2 Å². The molecule has 0 saturated carbocycles. The number of amides is 2. The fourth-order valence-corrected chi connectivity index (χ4v) is 3.82. The first kappa shape index (κ1) is 21.6. The smallest absolute Gasteiger partial charge is 0.270 e. The van der Waals surface area contributed by atoms with Gasteiger partial charge in [-0.1, -0.05) is 60.2 Å². The maximum absolute atomic E-state index is 12.7. The van der Waals surface area contributed by atoms with Crippen LogP contribution in [0.4, 0.5) is 5.69 Å². The Hall–Kier alpha value is -3.67. The standard InChI is InChI=1S/C26H28N4O2/c1-20-7-9-21(10-8-20)17-25(31)30-15-13-29(14-16-30)23-11-12-27-24(18-23)26(32)28-19-22-5-3-2-4-6-22/h2-12,18H,13-17,19H2,1H3,(H,28,32). The van der Waals surface area contributed by atoms with Crippen LogP contribution in [0.25, 0.3) is 0 Å². The molecule has 2 amide bonds. The van der Waals surface area contributed by atoms with E-state index in [0.717, 1.165) is 29.9 Å². The highest BCUT2D eigenvalue weighted by Crippen LogP contribution is 2.18. The van der Waals surface area contributed by atoms with E-state index in [1.165, 1.54) is 5.56 Å². The Morgan fingerprint density at radius 3 is 2.34 bits per heavy atom. The molecule has 1 aliphatic rings. The molecular formula is C26H28N4O2. The number of benzene rings is 2. The fraction of sp³-hybridized carbons (Fsp3) is 0.269. The van der Waals surface area contributed by atoms with Crippen molar-refractivity contribution in [2.24, 2.45) is 0 Å². The van der Waals surface area contributed by atoms with E-state index in [-0.39, 0.29) is 11.8 Å². The molecule has 2 aromatic carbocycles. The van der Waals surface area contributed by atoms with Gasteiger partial charge in [0.05, 0.1) is 6.42 Å². The Labute approximate surface area is 188 Å². The van der Waals surface area contributed by atoms with E-state index in [9.17, 15) is 9.59 Å². The lowest BCUT2D eigenvalue weighted by atomic mass is 10.1. The van der Waals surface area contributed by atoms with Gasteiger partial charge in [-0.05, 0) is 30.2 Å². The van der Waals surface area contributed by atoms with E-state index in [1.54, 1.807) is 6.20 Å². The van der Waals surface area contributed by atoms with Crippen molar-refractivity contribution in [2.75, 3.05) is 31.1 Å². The number of hydrogen-bond donors (Lipinski definition) is 1. The third-order valence-electron chi connectivity index (χ3n) is 5.75. The molecule has 0 bridgehead atoms. The highest BCUT2D eigenvalue weighted by Gasteiger charge is 2.22. The monoisotopic (exact) mass is 428 g/mol. The van der Waals surface area contributed by atoms with Crippen LogP contribution in [0.1, 0.15) is 27.2 Å². The second-order valence-corrected chi connectivity index (χ2v) is 8.10. The quantitative estimate of drug-likeness (QED) is 0.655. The molecule has 0 atom stereocenters. The average molecular weight is 429 g/mol. The number of rotatable bonds is 6. The summed E-state index contributed by atoms with van der Waals surface area (Å²) in [4.78, 5) is 33.6. The molecule has 1 saturated heterocycles. The lowest BCUT2D eigenvalue weighted by molar-refractivity contribution is -0.130. The van der Waals surface area contributed by atoms with Crippen LogP contribution in [-0.2, 0) is 17.8 Å². The number of piperazine rings is 1. The first-order valence-corrected chi connectivity index (χ1v) is 10.9. The molecule has 6 heteroatoms. The largest absolute Gasteiger partial charge is 0.368 e. The van der Waals surface area contributed by atoms with Crippen molar-refractivity contribution >= 4 is 17.5 Å². The lowest BCUT2D eigenvalue weighted by Gasteiger charge is -2.36. The first-order chi connectivity index (χ1) is 15.6. The molecule has 0 spiro atoms. The maximum Gasteiger partial charge on any atom is 0.270 e. The van der Waals surface area contributed by atoms with E-state index in [4.69, 9.17) is 0 Å². The van der Waals surface area contributed by atoms with Crippen molar-refractivity contribution in [1.82, 2.24) is 15.2 Å². The third-order valence-corrected chi connectivity index (χ3v) is 5.75. The second-order valence-electron chi connectivity index (χ2n) is 8.10. The zero-order chi connectivity index (χ0) is 22.3. The van der Waals surface area contributed by atoms with Crippen LogP contribution in [0.2, 0.25) is 0 Å². The predicted molar refractivity (Wildman–Crippen MR) is 126 cm³/mol. The highest BCUT2D eigenvalue weighted by atomic mass is 16.2. The summed E-state index contributed by atoms with van der Waals surface area (Å²) >= 11 is 0. The van der Waals surface area contributed by atoms with E-state index >= 15 is 0 Å². The third kappa shape index (κ3) is 5.52. The lowest BCUT2D eigenvalue weighted by Crippen LogP contribution is -2.49. The van der Waals surface area contributed by atoms with Crippen LogP contribution in [0, 0.1) is 6.92 Å². The summed E-state index contributed by atoms with van der Waals surface area (Å²) in [7, 11) is 0. The Morgan fingerprint density at radius 2 is 1.62 bits per heavy atom. The Balaban J connectivity index is 1.31. The van der Waals surface area contributed by atoms with Crippen molar-refractivity contribution in [3.63, 3.8) is 0 Å². The van der Waals surface area contributed by atoms with Crippen LogP contribution in [0.5, 0.6) is 0 Å². The van der Waals surface area contributed by atoms with Gasteiger partial charge in [-0.15, -0.1) is 0 Å². The molecule has 6 nitrogen and oxygen atoms in total. The van der Waals surface area contributed by atoms with Gasteiger partial charge in [-0.25, -0.2) is 0 Å². The van der Waals surface area contributed by atoms with E-state index in [1.807, 2.05) is 78.6 Å². The van der Waals surface area contributed by atoms with Crippen LogP contribution in [-0.4, -0.2) is 47.9 Å². The zero-order valence-electron chi connectivity index (χ0n) is 18.3. The number of aryl methyl sites for hydroxylation is 1. The molecule has 0 aliphatic carbocycles. The van der Waals surface area contributed by atoms with E-state index < -0.39 is 0 Å². The number of carbonyl (C=O) groups is 2. The molecule has 1 aromatic heterocycles.